The Bertz CT molecular complexity index is 721. The summed E-state index contributed by atoms with van der Waals surface area (Å²) in [4.78, 5) is 25.0. The number of aromatic nitrogens is 2. The molecule has 2 aromatic rings. The zero-order chi connectivity index (χ0) is 15.9. The van der Waals surface area contributed by atoms with Crippen LogP contribution < -0.4 is 14.5 Å². The third-order valence-electron chi connectivity index (χ3n) is 4.74. The summed E-state index contributed by atoms with van der Waals surface area (Å²) < 4.78 is 5.18. The number of thiophene rings is 1. The molecule has 0 unspecified atom stereocenters. The van der Waals surface area contributed by atoms with Crippen molar-refractivity contribution < 1.29 is 9.53 Å². The number of methoxy groups -OCH3 is 1. The molecule has 0 aromatic carbocycles. The van der Waals surface area contributed by atoms with Crippen molar-refractivity contribution in [1.29, 1.82) is 0 Å². The minimum absolute atomic E-state index is 0.0250. The number of anilines is 2. The lowest BCUT2D eigenvalue weighted by molar-refractivity contribution is -0.117. The number of amides is 1. The number of nitrogens with zero attached hydrogens (tertiary/aromatic N) is 4. The Morgan fingerprint density at radius 3 is 3.04 bits per heavy atom. The van der Waals surface area contributed by atoms with Crippen LogP contribution in [0.5, 0.6) is 5.88 Å². The van der Waals surface area contributed by atoms with E-state index >= 15 is 0 Å². The Balaban J connectivity index is 1.53. The van der Waals surface area contributed by atoms with E-state index in [0.29, 0.717) is 12.3 Å². The van der Waals surface area contributed by atoms with Gasteiger partial charge in [0.2, 0.25) is 11.8 Å². The Morgan fingerprint density at radius 2 is 2.26 bits per heavy atom. The Morgan fingerprint density at radius 1 is 1.35 bits per heavy atom. The van der Waals surface area contributed by atoms with Gasteiger partial charge in [0, 0.05) is 42.9 Å². The van der Waals surface area contributed by atoms with Gasteiger partial charge in [-0.25, -0.2) is 9.97 Å². The maximum absolute atomic E-state index is 12.4. The first-order valence-electron chi connectivity index (χ1n) is 7.63. The molecule has 4 heterocycles. The van der Waals surface area contributed by atoms with Crippen LogP contribution >= 0.6 is 11.3 Å². The molecule has 1 atom stereocenters. The van der Waals surface area contributed by atoms with E-state index in [4.69, 9.17) is 4.74 Å². The quantitative estimate of drug-likeness (QED) is 0.863. The summed E-state index contributed by atoms with van der Waals surface area (Å²) in [5.74, 6) is 1.67. The van der Waals surface area contributed by atoms with Crippen molar-refractivity contribution >= 4 is 28.7 Å². The van der Waals surface area contributed by atoms with Crippen molar-refractivity contribution in [3.8, 4) is 5.88 Å². The molecule has 1 amide bonds. The van der Waals surface area contributed by atoms with Gasteiger partial charge in [-0.2, -0.15) is 11.3 Å². The third-order valence-corrected chi connectivity index (χ3v) is 5.41. The normalized spacial score (nSPS) is 24.0. The van der Waals surface area contributed by atoms with E-state index in [-0.39, 0.29) is 11.3 Å². The molecule has 2 fully saturated rings. The van der Waals surface area contributed by atoms with Gasteiger partial charge in [0.1, 0.15) is 12.1 Å². The van der Waals surface area contributed by atoms with Crippen molar-refractivity contribution in [2.75, 3.05) is 36.5 Å². The SMILES string of the molecule is COc1cc(N2CC[C@@]3(CC(=O)N(c4ccsc4)C3)C2)ncn1. The smallest absolute Gasteiger partial charge is 0.227 e. The highest BCUT2D eigenvalue weighted by atomic mass is 32.1. The van der Waals surface area contributed by atoms with Crippen molar-refractivity contribution in [3.05, 3.63) is 29.2 Å². The second-order valence-corrected chi connectivity index (χ2v) is 7.01. The van der Waals surface area contributed by atoms with E-state index in [1.807, 2.05) is 27.8 Å². The fraction of sp³-hybridized carbons (Fsp3) is 0.438. The standard InChI is InChI=1S/C16H18N4O2S/c1-22-14-6-13(17-11-18-14)19-4-3-16(9-19)7-15(21)20(10-16)12-2-5-23-8-12/h2,5-6,8,11H,3-4,7,9-10H2,1H3/t16-/m1/s1. The van der Waals surface area contributed by atoms with Gasteiger partial charge in [0.15, 0.2) is 0 Å². The summed E-state index contributed by atoms with van der Waals surface area (Å²) in [7, 11) is 1.60. The zero-order valence-electron chi connectivity index (χ0n) is 12.9. The fourth-order valence-electron chi connectivity index (χ4n) is 3.56. The molecule has 0 saturated carbocycles. The third kappa shape index (κ3) is 2.55. The van der Waals surface area contributed by atoms with E-state index in [0.717, 1.165) is 37.6 Å². The maximum atomic E-state index is 12.4. The first-order valence-corrected chi connectivity index (χ1v) is 8.57. The highest BCUT2D eigenvalue weighted by Crippen LogP contribution is 2.43. The van der Waals surface area contributed by atoms with Gasteiger partial charge in [0.25, 0.3) is 0 Å². The van der Waals surface area contributed by atoms with Gasteiger partial charge in [-0.05, 0) is 17.9 Å². The molecule has 23 heavy (non-hydrogen) atoms. The molecule has 1 spiro atoms. The van der Waals surface area contributed by atoms with Crippen molar-refractivity contribution in [2.24, 2.45) is 5.41 Å². The Labute approximate surface area is 138 Å². The second kappa shape index (κ2) is 5.49. The topological polar surface area (TPSA) is 58.6 Å². The van der Waals surface area contributed by atoms with E-state index in [1.165, 1.54) is 6.33 Å². The predicted molar refractivity (Wildman–Crippen MR) is 89.1 cm³/mol. The van der Waals surface area contributed by atoms with Crippen LogP contribution in [0.3, 0.4) is 0 Å². The molecule has 120 valence electrons. The van der Waals surface area contributed by atoms with Crippen LogP contribution in [-0.2, 0) is 4.79 Å². The minimum Gasteiger partial charge on any atom is -0.481 e. The van der Waals surface area contributed by atoms with Crippen LogP contribution in [0.1, 0.15) is 12.8 Å². The molecule has 2 aliphatic heterocycles. The average molecular weight is 330 g/mol. The minimum atomic E-state index is 0.0250. The molecule has 0 aliphatic carbocycles. The number of hydrogen-bond donors (Lipinski definition) is 0. The summed E-state index contributed by atoms with van der Waals surface area (Å²) in [6, 6.07) is 3.87. The van der Waals surface area contributed by atoms with Crippen LogP contribution in [-0.4, -0.2) is 42.6 Å². The maximum Gasteiger partial charge on any atom is 0.227 e. The van der Waals surface area contributed by atoms with E-state index < -0.39 is 0 Å². The fourth-order valence-corrected chi connectivity index (χ4v) is 4.20. The Kier molecular flexibility index (Phi) is 3.45. The van der Waals surface area contributed by atoms with Crippen LogP contribution in [0.15, 0.2) is 29.2 Å². The molecule has 0 radical (unpaired) electrons. The van der Waals surface area contributed by atoms with Gasteiger partial charge < -0.3 is 14.5 Å². The lowest BCUT2D eigenvalue weighted by atomic mass is 9.86. The van der Waals surface area contributed by atoms with Gasteiger partial charge in [-0.3, -0.25) is 4.79 Å². The molecule has 7 heteroatoms. The zero-order valence-corrected chi connectivity index (χ0v) is 13.8. The summed E-state index contributed by atoms with van der Waals surface area (Å²) in [6.45, 7) is 2.55. The average Bonchev–Trinajstić information content (AvgIpc) is 3.29. The van der Waals surface area contributed by atoms with E-state index in [9.17, 15) is 4.79 Å². The number of hydrogen-bond acceptors (Lipinski definition) is 6. The first kappa shape index (κ1) is 14.4. The van der Waals surface area contributed by atoms with Gasteiger partial charge in [0.05, 0.1) is 12.8 Å². The van der Waals surface area contributed by atoms with E-state index in [2.05, 4.69) is 14.9 Å². The van der Waals surface area contributed by atoms with Gasteiger partial charge in [-0.1, -0.05) is 0 Å². The lowest BCUT2D eigenvalue weighted by Crippen LogP contribution is -2.31. The summed E-state index contributed by atoms with van der Waals surface area (Å²) in [6.07, 6.45) is 3.14. The number of ether oxygens (including phenoxy) is 1. The Hall–Kier alpha value is -2.15. The molecule has 0 bridgehead atoms. The van der Waals surface area contributed by atoms with Crippen molar-refractivity contribution in [3.63, 3.8) is 0 Å². The summed E-state index contributed by atoms with van der Waals surface area (Å²) in [5.41, 5.74) is 1.05. The van der Waals surface area contributed by atoms with Gasteiger partial charge >= 0.3 is 0 Å². The molecule has 4 rings (SSSR count). The predicted octanol–water partition coefficient (Wildman–Crippen LogP) is 2.18. The number of rotatable bonds is 3. The molecule has 2 saturated heterocycles. The van der Waals surface area contributed by atoms with Crippen LogP contribution in [0.4, 0.5) is 11.5 Å². The van der Waals surface area contributed by atoms with Crippen LogP contribution in [0, 0.1) is 5.41 Å². The molecular formula is C16H18N4O2S. The number of carbonyl (C=O) groups is 1. The van der Waals surface area contributed by atoms with Crippen molar-refractivity contribution in [1.82, 2.24) is 9.97 Å². The summed E-state index contributed by atoms with van der Waals surface area (Å²) >= 11 is 1.63. The number of carbonyl (C=O) groups excluding carboxylic acids is 1. The van der Waals surface area contributed by atoms with Crippen LogP contribution in [0.2, 0.25) is 0 Å². The first-order chi connectivity index (χ1) is 11.2. The largest absolute Gasteiger partial charge is 0.481 e. The van der Waals surface area contributed by atoms with Crippen molar-refractivity contribution in [2.45, 2.75) is 12.8 Å². The summed E-state index contributed by atoms with van der Waals surface area (Å²) in [5, 5.41) is 4.06. The molecule has 0 N–H and O–H groups in total. The van der Waals surface area contributed by atoms with Gasteiger partial charge in [-0.15, -0.1) is 0 Å². The molecule has 6 nitrogen and oxygen atoms in total. The molecular weight excluding hydrogens is 312 g/mol. The highest BCUT2D eigenvalue weighted by molar-refractivity contribution is 7.08. The lowest BCUT2D eigenvalue weighted by Gasteiger charge is -2.24. The molecule has 2 aliphatic rings. The van der Waals surface area contributed by atoms with Crippen LogP contribution in [0.25, 0.3) is 0 Å². The monoisotopic (exact) mass is 330 g/mol. The highest BCUT2D eigenvalue weighted by Gasteiger charge is 2.48. The second-order valence-electron chi connectivity index (χ2n) is 6.23. The molecule has 2 aromatic heterocycles. The van der Waals surface area contributed by atoms with E-state index in [1.54, 1.807) is 18.4 Å².